The molecule has 0 amide bonds. The zero-order chi connectivity index (χ0) is 21.7. The maximum atomic E-state index is 12.0. The Hall–Kier alpha value is -1.62. The molecule has 3 unspecified atom stereocenters. The molecule has 3 atom stereocenters. The van der Waals surface area contributed by atoms with Gasteiger partial charge >= 0.3 is 11.9 Å². The smallest absolute Gasteiger partial charge is 0.306 e. The van der Waals surface area contributed by atoms with Gasteiger partial charge in [0.05, 0.1) is 27.2 Å². The Kier molecular flexibility index (Phi) is 11.9. The van der Waals surface area contributed by atoms with Gasteiger partial charge in [0.15, 0.2) is 12.4 Å². The Bertz CT molecular complexity index is 542. The molecule has 0 aliphatic carbocycles. The average molecular weight is 413 g/mol. The highest BCUT2D eigenvalue weighted by molar-refractivity contribution is 5.70. The standard InChI is InChI=1S/C22H38NO6/c1-6-11-20(24)28-18-16-22(27-17-19(18)29-21(25)12-7-2)26-15-10-9-14-23(4,5)13-8-3/h3,18-19,22H,6-7,9-17H2,1-2,4-5H3/q+1. The van der Waals surface area contributed by atoms with Crippen LogP contribution in [0.4, 0.5) is 0 Å². The lowest BCUT2D eigenvalue weighted by atomic mass is 10.1. The van der Waals surface area contributed by atoms with E-state index in [0.29, 0.717) is 45.3 Å². The van der Waals surface area contributed by atoms with Gasteiger partial charge in [-0.15, -0.1) is 6.42 Å². The van der Waals surface area contributed by atoms with Gasteiger partial charge in [0, 0.05) is 25.9 Å². The third-order valence-electron chi connectivity index (χ3n) is 4.74. The average Bonchev–Trinajstić information content (AvgIpc) is 2.63. The highest BCUT2D eigenvalue weighted by Crippen LogP contribution is 2.22. The van der Waals surface area contributed by atoms with Crippen LogP contribution in [0.1, 0.15) is 58.8 Å². The Balaban J connectivity index is 2.47. The quantitative estimate of drug-likeness (QED) is 0.200. The summed E-state index contributed by atoms with van der Waals surface area (Å²) in [5.41, 5.74) is 0. The van der Waals surface area contributed by atoms with Crippen LogP contribution < -0.4 is 0 Å². The number of rotatable bonds is 13. The van der Waals surface area contributed by atoms with Crippen molar-refractivity contribution in [3.05, 3.63) is 0 Å². The molecule has 166 valence electrons. The van der Waals surface area contributed by atoms with E-state index in [4.69, 9.17) is 25.4 Å². The minimum atomic E-state index is -0.587. The number of esters is 2. The van der Waals surface area contributed by atoms with Gasteiger partial charge in [-0.3, -0.25) is 9.59 Å². The second-order valence-corrected chi connectivity index (χ2v) is 8.15. The molecule has 0 radical (unpaired) electrons. The summed E-state index contributed by atoms with van der Waals surface area (Å²) in [6.07, 6.45) is 8.12. The molecular weight excluding hydrogens is 374 g/mol. The largest absolute Gasteiger partial charge is 0.458 e. The highest BCUT2D eigenvalue weighted by atomic mass is 16.7. The van der Waals surface area contributed by atoms with Crippen LogP contribution in [0.15, 0.2) is 0 Å². The van der Waals surface area contributed by atoms with Gasteiger partial charge in [-0.1, -0.05) is 13.8 Å². The number of carbonyl (C=O) groups is 2. The summed E-state index contributed by atoms with van der Waals surface area (Å²) >= 11 is 0. The Labute approximate surface area is 175 Å². The van der Waals surface area contributed by atoms with E-state index in [1.54, 1.807) is 0 Å². The van der Waals surface area contributed by atoms with Gasteiger partial charge in [-0.05, 0) is 31.6 Å². The molecule has 0 N–H and O–H groups in total. The fourth-order valence-electron chi connectivity index (χ4n) is 3.12. The maximum Gasteiger partial charge on any atom is 0.306 e. The number of unbranched alkanes of at least 4 members (excludes halogenated alkanes) is 1. The molecule has 1 fully saturated rings. The molecule has 1 saturated heterocycles. The van der Waals surface area contributed by atoms with E-state index < -0.39 is 18.5 Å². The molecule has 1 rings (SSSR count). The molecule has 0 saturated carbocycles. The monoisotopic (exact) mass is 412 g/mol. The van der Waals surface area contributed by atoms with E-state index in [0.717, 1.165) is 23.9 Å². The van der Waals surface area contributed by atoms with Crippen molar-refractivity contribution in [1.29, 1.82) is 0 Å². The first-order chi connectivity index (χ1) is 13.8. The van der Waals surface area contributed by atoms with Crippen LogP contribution in [0.2, 0.25) is 0 Å². The third kappa shape index (κ3) is 10.6. The van der Waals surface area contributed by atoms with Crippen molar-refractivity contribution < 1.29 is 33.0 Å². The number of terminal acetylenes is 1. The lowest BCUT2D eigenvalue weighted by Crippen LogP contribution is -2.47. The number of hydrogen-bond donors (Lipinski definition) is 0. The summed E-state index contributed by atoms with van der Waals surface area (Å²) in [5, 5.41) is 0. The topological polar surface area (TPSA) is 71.1 Å². The lowest BCUT2D eigenvalue weighted by Gasteiger charge is -2.35. The zero-order valence-electron chi connectivity index (χ0n) is 18.5. The Morgan fingerprint density at radius 3 is 2.28 bits per heavy atom. The van der Waals surface area contributed by atoms with Gasteiger partial charge in [-0.2, -0.15) is 0 Å². The molecular formula is C22H38NO6+. The molecule has 0 spiro atoms. The normalized spacial score (nSPS) is 22.0. The zero-order valence-corrected chi connectivity index (χ0v) is 18.5. The molecule has 7 heteroatoms. The van der Waals surface area contributed by atoms with Crippen molar-refractivity contribution >= 4 is 11.9 Å². The van der Waals surface area contributed by atoms with Gasteiger partial charge in [-0.25, -0.2) is 0 Å². The van der Waals surface area contributed by atoms with E-state index in [2.05, 4.69) is 20.0 Å². The summed E-state index contributed by atoms with van der Waals surface area (Å²) < 4.78 is 23.3. The van der Waals surface area contributed by atoms with Crippen molar-refractivity contribution in [1.82, 2.24) is 0 Å². The van der Waals surface area contributed by atoms with Gasteiger partial charge in [0.25, 0.3) is 0 Å². The van der Waals surface area contributed by atoms with Crippen LogP contribution in [-0.4, -0.2) is 75.3 Å². The van der Waals surface area contributed by atoms with Gasteiger partial charge in [0.2, 0.25) is 0 Å². The minimum Gasteiger partial charge on any atom is -0.458 e. The van der Waals surface area contributed by atoms with Crippen molar-refractivity contribution in [2.24, 2.45) is 0 Å². The SMILES string of the molecule is C#CC[N+](C)(C)CCCCOC1CC(OC(=O)CCC)C(OC(=O)CCC)CO1. The van der Waals surface area contributed by atoms with E-state index in [1.165, 1.54) is 0 Å². The first-order valence-electron chi connectivity index (χ1n) is 10.7. The summed E-state index contributed by atoms with van der Waals surface area (Å²) in [6, 6.07) is 0. The van der Waals surface area contributed by atoms with Gasteiger partial charge < -0.3 is 23.4 Å². The molecule has 1 aliphatic rings. The van der Waals surface area contributed by atoms with Crippen LogP contribution in [-0.2, 0) is 28.5 Å². The summed E-state index contributed by atoms with van der Waals surface area (Å²) in [6.45, 7) is 6.22. The number of quaternary nitrogens is 1. The van der Waals surface area contributed by atoms with Crippen LogP contribution in [0.5, 0.6) is 0 Å². The van der Waals surface area contributed by atoms with E-state index in [1.807, 2.05) is 13.8 Å². The fourth-order valence-corrected chi connectivity index (χ4v) is 3.12. The second-order valence-electron chi connectivity index (χ2n) is 8.15. The molecule has 0 aromatic carbocycles. The molecule has 0 aromatic rings. The summed E-state index contributed by atoms with van der Waals surface area (Å²) in [7, 11) is 4.22. The van der Waals surface area contributed by atoms with Crippen molar-refractivity contribution in [2.75, 3.05) is 40.4 Å². The fraction of sp³-hybridized carbons (Fsp3) is 0.818. The van der Waals surface area contributed by atoms with Crippen LogP contribution >= 0.6 is 0 Å². The molecule has 0 bridgehead atoms. The first-order valence-corrected chi connectivity index (χ1v) is 10.7. The molecule has 1 heterocycles. The summed E-state index contributed by atoms with van der Waals surface area (Å²) in [4.78, 5) is 23.8. The van der Waals surface area contributed by atoms with E-state index in [9.17, 15) is 9.59 Å². The van der Waals surface area contributed by atoms with Crippen LogP contribution in [0.25, 0.3) is 0 Å². The molecule has 1 aliphatic heterocycles. The number of nitrogens with zero attached hydrogens (tertiary/aromatic N) is 1. The Morgan fingerprint density at radius 1 is 1.07 bits per heavy atom. The molecule has 7 nitrogen and oxygen atoms in total. The first kappa shape index (κ1) is 25.4. The number of carbonyl (C=O) groups excluding carboxylic acids is 2. The Morgan fingerprint density at radius 2 is 1.69 bits per heavy atom. The van der Waals surface area contributed by atoms with E-state index in [-0.39, 0.29) is 18.5 Å². The third-order valence-corrected chi connectivity index (χ3v) is 4.74. The van der Waals surface area contributed by atoms with Gasteiger partial charge in [0.1, 0.15) is 12.6 Å². The van der Waals surface area contributed by atoms with Crippen molar-refractivity contribution in [3.63, 3.8) is 0 Å². The van der Waals surface area contributed by atoms with Crippen molar-refractivity contribution in [2.45, 2.75) is 77.3 Å². The predicted octanol–water partition coefficient (Wildman–Crippen LogP) is 2.66. The van der Waals surface area contributed by atoms with Crippen LogP contribution in [0, 0.1) is 12.3 Å². The lowest BCUT2D eigenvalue weighted by molar-refractivity contribution is -0.883. The predicted molar refractivity (Wildman–Crippen MR) is 110 cm³/mol. The number of ether oxygens (including phenoxy) is 4. The number of hydrogen-bond acceptors (Lipinski definition) is 6. The molecule has 0 aromatic heterocycles. The highest BCUT2D eigenvalue weighted by Gasteiger charge is 2.37. The minimum absolute atomic E-state index is 0.163. The van der Waals surface area contributed by atoms with Crippen molar-refractivity contribution in [3.8, 4) is 12.3 Å². The van der Waals surface area contributed by atoms with Crippen LogP contribution in [0.3, 0.4) is 0 Å². The second kappa shape index (κ2) is 13.6. The molecule has 29 heavy (non-hydrogen) atoms. The van der Waals surface area contributed by atoms with E-state index >= 15 is 0 Å². The summed E-state index contributed by atoms with van der Waals surface area (Å²) in [5.74, 6) is 2.11. The maximum absolute atomic E-state index is 12.0.